The van der Waals surface area contributed by atoms with Gasteiger partial charge >= 0.3 is 6.18 Å². The van der Waals surface area contributed by atoms with Crippen LogP contribution in [0.5, 0.6) is 0 Å². The molecule has 0 unspecified atom stereocenters. The molecule has 0 radical (unpaired) electrons. The summed E-state index contributed by atoms with van der Waals surface area (Å²) in [5, 5.41) is 5.72. The summed E-state index contributed by atoms with van der Waals surface area (Å²) in [6, 6.07) is 7.11. The van der Waals surface area contributed by atoms with Gasteiger partial charge in [-0.15, -0.1) is 0 Å². The van der Waals surface area contributed by atoms with Gasteiger partial charge in [0.2, 0.25) is 5.91 Å². The highest BCUT2D eigenvalue weighted by Crippen LogP contribution is 2.14. The van der Waals surface area contributed by atoms with Crippen molar-refractivity contribution < 1.29 is 22.7 Å². The van der Waals surface area contributed by atoms with Crippen molar-refractivity contribution in [2.24, 2.45) is 0 Å². The van der Waals surface area contributed by atoms with Crippen LogP contribution >= 0.6 is 0 Å². The van der Waals surface area contributed by atoms with Crippen LogP contribution in [0.25, 0.3) is 0 Å². The van der Waals surface area contributed by atoms with Gasteiger partial charge in [-0.2, -0.15) is 13.2 Å². The fourth-order valence-electron chi connectivity index (χ4n) is 1.63. The van der Waals surface area contributed by atoms with E-state index in [0.717, 1.165) is 18.5 Å². The first-order valence-electron chi connectivity index (χ1n) is 6.64. The van der Waals surface area contributed by atoms with Gasteiger partial charge in [-0.25, -0.2) is 0 Å². The summed E-state index contributed by atoms with van der Waals surface area (Å²) in [6.45, 7) is 1.56. The molecule has 0 bridgehead atoms. The Morgan fingerprint density at radius 1 is 1.33 bits per heavy atom. The molecule has 0 atom stereocenters. The van der Waals surface area contributed by atoms with E-state index in [0.29, 0.717) is 12.2 Å². The van der Waals surface area contributed by atoms with E-state index in [4.69, 9.17) is 0 Å². The van der Waals surface area contributed by atoms with Crippen LogP contribution in [0, 0.1) is 0 Å². The molecular formula is C14H19F3N2O2. The van der Waals surface area contributed by atoms with Gasteiger partial charge in [-0.3, -0.25) is 4.79 Å². The van der Waals surface area contributed by atoms with Gasteiger partial charge in [-0.05, 0) is 30.7 Å². The highest BCUT2D eigenvalue weighted by atomic mass is 19.4. The van der Waals surface area contributed by atoms with E-state index in [1.54, 1.807) is 18.2 Å². The standard InChI is InChI=1S/C14H19F3N2O2/c1-2-6-18-8-11-4-3-5-12(7-11)19-13(20)9-21-10-14(15,16)17/h3-5,7,18H,2,6,8-10H2,1H3,(H,19,20). The van der Waals surface area contributed by atoms with Crippen molar-refractivity contribution in [3.63, 3.8) is 0 Å². The third-order valence-electron chi connectivity index (χ3n) is 2.47. The van der Waals surface area contributed by atoms with Gasteiger partial charge in [0.05, 0.1) is 0 Å². The Kier molecular flexibility index (Phi) is 7.18. The molecule has 1 amide bonds. The van der Waals surface area contributed by atoms with E-state index in [9.17, 15) is 18.0 Å². The lowest BCUT2D eigenvalue weighted by molar-refractivity contribution is -0.174. The Labute approximate surface area is 121 Å². The summed E-state index contributed by atoms with van der Waals surface area (Å²) in [4.78, 5) is 11.5. The molecule has 0 saturated carbocycles. The molecule has 0 aliphatic rings. The summed E-state index contributed by atoms with van der Waals surface area (Å²) in [5.74, 6) is -0.613. The maximum Gasteiger partial charge on any atom is 0.411 e. The second-order valence-corrected chi connectivity index (χ2v) is 4.53. The Bertz CT molecular complexity index is 450. The number of benzene rings is 1. The van der Waals surface area contributed by atoms with Crippen molar-refractivity contribution in [2.75, 3.05) is 25.1 Å². The minimum absolute atomic E-state index is 0.534. The van der Waals surface area contributed by atoms with Crippen LogP contribution in [0.3, 0.4) is 0 Å². The van der Waals surface area contributed by atoms with Crippen LogP contribution in [0.15, 0.2) is 24.3 Å². The van der Waals surface area contributed by atoms with Gasteiger partial charge in [0.1, 0.15) is 13.2 Å². The van der Waals surface area contributed by atoms with Crippen molar-refractivity contribution in [1.82, 2.24) is 5.32 Å². The van der Waals surface area contributed by atoms with Crippen molar-refractivity contribution >= 4 is 11.6 Å². The van der Waals surface area contributed by atoms with Gasteiger partial charge in [-0.1, -0.05) is 19.1 Å². The van der Waals surface area contributed by atoms with Crippen LogP contribution in [-0.4, -0.2) is 31.8 Å². The Morgan fingerprint density at radius 2 is 2.10 bits per heavy atom. The molecule has 7 heteroatoms. The molecule has 4 nitrogen and oxygen atoms in total. The van der Waals surface area contributed by atoms with Crippen LogP contribution in [0.2, 0.25) is 0 Å². The number of rotatable bonds is 8. The molecular weight excluding hydrogens is 285 g/mol. The number of nitrogens with one attached hydrogen (secondary N) is 2. The normalized spacial score (nSPS) is 11.4. The summed E-state index contributed by atoms with van der Waals surface area (Å²) >= 11 is 0. The molecule has 0 fully saturated rings. The fourth-order valence-corrected chi connectivity index (χ4v) is 1.63. The monoisotopic (exact) mass is 304 g/mol. The summed E-state index contributed by atoms with van der Waals surface area (Å²) in [5.41, 5.74) is 1.52. The van der Waals surface area contributed by atoms with E-state index < -0.39 is 25.3 Å². The Morgan fingerprint density at radius 3 is 2.76 bits per heavy atom. The first-order chi connectivity index (χ1) is 9.90. The van der Waals surface area contributed by atoms with Crippen molar-refractivity contribution in [3.8, 4) is 0 Å². The highest BCUT2D eigenvalue weighted by Gasteiger charge is 2.27. The number of ether oxygens (including phenoxy) is 1. The van der Waals surface area contributed by atoms with Crippen molar-refractivity contribution in [2.45, 2.75) is 26.1 Å². The highest BCUT2D eigenvalue weighted by molar-refractivity contribution is 5.91. The third-order valence-corrected chi connectivity index (χ3v) is 2.47. The van der Waals surface area contributed by atoms with Crippen LogP contribution in [-0.2, 0) is 16.1 Å². The minimum atomic E-state index is -4.43. The minimum Gasteiger partial charge on any atom is -0.362 e. The predicted molar refractivity (Wildman–Crippen MR) is 73.9 cm³/mol. The first kappa shape index (κ1) is 17.5. The number of amides is 1. The zero-order chi connectivity index (χ0) is 15.7. The zero-order valence-corrected chi connectivity index (χ0v) is 11.8. The van der Waals surface area contributed by atoms with E-state index >= 15 is 0 Å². The van der Waals surface area contributed by atoms with Crippen LogP contribution in [0.4, 0.5) is 18.9 Å². The van der Waals surface area contributed by atoms with E-state index in [-0.39, 0.29) is 0 Å². The number of hydrogen-bond acceptors (Lipinski definition) is 3. The number of carbonyl (C=O) groups is 1. The quantitative estimate of drug-likeness (QED) is 0.726. The van der Waals surface area contributed by atoms with Crippen molar-refractivity contribution in [1.29, 1.82) is 0 Å². The topological polar surface area (TPSA) is 50.4 Å². The number of carbonyl (C=O) groups excluding carboxylic acids is 1. The molecule has 21 heavy (non-hydrogen) atoms. The smallest absolute Gasteiger partial charge is 0.362 e. The lowest BCUT2D eigenvalue weighted by Gasteiger charge is -2.09. The molecule has 0 aromatic heterocycles. The van der Waals surface area contributed by atoms with Gasteiger partial charge in [0.15, 0.2) is 0 Å². The second-order valence-electron chi connectivity index (χ2n) is 4.53. The molecule has 118 valence electrons. The lowest BCUT2D eigenvalue weighted by Crippen LogP contribution is -2.24. The molecule has 0 aliphatic carbocycles. The largest absolute Gasteiger partial charge is 0.411 e. The van der Waals surface area contributed by atoms with E-state index in [2.05, 4.69) is 22.3 Å². The van der Waals surface area contributed by atoms with Crippen molar-refractivity contribution in [3.05, 3.63) is 29.8 Å². The molecule has 1 aromatic rings. The third kappa shape index (κ3) is 8.31. The van der Waals surface area contributed by atoms with E-state index in [1.165, 1.54) is 0 Å². The molecule has 0 aliphatic heterocycles. The van der Waals surface area contributed by atoms with Gasteiger partial charge in [0, 0.05) is 12.2 Å². The predicted octanol–water partition coefficient (Wildman–Crippen LogP) is 2.70. The van der Waals surface area contributed by atoms with Gasteiger partial charge < -0.3 is 15.4 Å². The Hall–Kier alpha value is -1.60. The fraction of sp³-hybridized carbons (Fsp3) is 0.500. The molecule has 1 aromatic carbocycles. The zero-order valence-electron chi connectivity index (χ0n) is 11.8. The number of alkyl halides is 3. The van der Waals surface area contributed by atoms with E-state index in [1.807, 2.05) is 6.07 Å². The molecule has 1 rings (SSSR count). The average molecular weight is 304 g/mol. The summed E-state index contributed by atoms with van der Waals surface area (Å²) in [6.07, 6.45) is -3.40. The first-order valence-corrected chi connectivity index (χ1v) is 6.64. The van der Waals surface area contributed by atoms with Gasteiger partial charge in [0.25, 0.3) is 0 Å². The number of anilines is 1. The van der Waals surface area contributed by atoms with Crippen LogP contribution < -0.4 is 10.6 Å². The maximum atomic E-state index is 11.9. The molecule has 0 heterocycles. The number of halogens is 3. The molecule has 0 saturated heterocycles. The number of hydrogen-bond donors (Lipinski definition) is 2. The average Bonchev–Trinajstić information content (AvgIpc) is 2.38. The summed E-state index contributed by atoms with van der Waals surface area (Å²) in [7, 11) is 0. The second kappa shape index (κ2) is 8.63. The SMILES string of the molecule is CCCNCc1cccc(NC(=O)COCC(F)(F)F)c1. The summed E-state index contributed by atoms with van der Waals surface area (Å²) < 4.78 is 39.9. The Balaban J connectivity index is 2.39. The maximum absolute atomic E-state index is 11.9. The lowest BCUT2D eigenvalue weighted by atomic mass is 10.2. The van der Waals surface area contributed by atoms with Crippen LogP contribution in [0.1, 0.15) is 18.9 Å². The molecule has 2 N–H and O–H groups in total. The molecule has 0 spiro atoms.